The molecule has 0 N–H and O–H groups in total. The molecule has 0 bridgehead atoms. The van der Waals surface area contributed by atoms with E-state index in [0.717, 1.165) is 18.2 Å². The topological polar surface area (TPSA) is 120 Å². The minimum atomic E-state index is -1.23. The molecule has 89 valence electrons. The van der Waals surface area contributed by atoms with Crippen molar-refractivity contribution in [2.45, 2.75) is 0 Å². The van der Waals surface area contributed by atoms with E-state index < -0.39 is 17.9 Å². The average Bonchev–Trinajstić information content (AvgIpc) is 2.19. The summed E-state index contributed by atoms with van der Waals surface area (Å²) in [5.74, 6) is -3.69. The molecule has 0 saturated carbocycles. The maximum atomic E-state index is 9.14. The summed E-state index contributed by atoms with van der Waals surface area (Å²) in [5.41, 5.74) is 0. The zero-order valence-electron chi connectivity index (χ0n) is 8.16. The number of aliphatic carboxylic acids is 3. The predicted octanol–water partition coefficient (Wildman–Crippen LogP) is -3.23. The normalized spacial score (nSPS) is 6.00. The van der Waals surface area contributed by atoms with Crippen LogP contribution in [0.15, 0.2) is 38.0 Å². The van der Waals surface area contributed by atoms with Crippen LogP contribution >= 0.6 is 0 Å². The van der Waals surface area contributed by atoms with Crippen molar-refractivity contribution in [3.63, 3.8) is 0 Å². The van der Waals surface area contributed by atoms with Gasteiger partial charge in [0.25, 0.3) is 0 Å². The van der Waals surface area contributed by atoms with Crippen LogP contribution in [-0.4, -0.2) is 17.9 Å². The molecule has 0 unspecified atom stereocenters. The minimum Gasteiger partial charge on any atom is -0.545 e. The van der Waals surface area contributed by atoms with Crippen LogP contribution in [0.5, 0.6) is 0 Å². The van der Waals surface area contributed by atoms with Gasteiger partial charge in [0.05, 0.1) is 17.9 Å². The van der Waals surface area contributed by atoms with Gasteiger partial charge < -0.3 is 29.7 Å². The number of carbonyl (C=O) groups is 3. The van der Waals surface area contributed by atoms with Crippen LogP contribution in [0.25, 0.3) is 0 Å². The average molecular weight is 370 g/mol. The zero-order valence-corrected chi connectivity index (χ0v) is 10.4. The van der Waals surface area contributed by atoms with Gasteiger partial charge in [-0.3, -0.25) is 0 Å². The molecule has 0 aromatic heterocycles. The first-order chi connectivity index (χ1) is 6.81. The van der Waals surface area contributed by atoms with E-state index in [9.17, 15) is 0 Å². The van der Waals surface area contributed by atoms with Crippen LogP contribution in [0.4, 0.5) is 0 Å². The van der Waals surface area contributed by atoms with Crippen LogP contribution in [-0.2, 0) is 14.4 Å². The molecule has 16 heavy (non-hydrogen) atoms. The van der Waals surface area contributed by atoms with Crippen molar-refractivity contribution in [1.29, 1.82) is 0 Å². The summed E-state index contributed by atoms with van der Waals surface area (Å²) in [4.78, 5) is 27.4. The molecule has 0 aliphatic heterocycles. The zero-order chi connectivity index (χ0) is 12.9. The van der Waals surface area contributed by atoms with Gasteiger partial charge in [-0.2, -0.15) is 0 Å². The van der Waals surface area contributed by atoms with Crippen molar-refractivity contribution in [2.75, 3.05) is 0 Å². The third-order valence-electron chi connectivity index (χ3n) is 0.500. The van der Waals surface area contributed by atoms with E-state index in [1.807, 2.05) is 0 Å². The fourth-order valence-corrected chi connectivity index (χ4v) is 0. The summed E-state index contributed by atoms with van der Waals surface area (Å²) < 4.78 is 0. The van der Waals surface area contributed by atoms with Gasteiger partial charge in [-0.1, -0.05) is 19.7 Å². The second-order valence-corrected chi connectivity index (χ2v) is 1.57. The molecule has 7 heteroatoms. The number of rotatable bonds is 3. The van der Waals surface area contributed by atoms with Gasteiger partial charge in [-0.15, -0.1) is 0 Å². The van der Waals surface area contributed by atoms with Crippen LogP contribution in [0.3, 0.4) is 0 Å². The largest absolute Gasteiger partial charge is 3.00 e. The van der Waals surface area contributed by atoms with Crippen molar-refractivity contribution in [2.24, 2.45) is 0 Å². The Kier molecular flexibility index (Phi) is 29.6. The monoisotopic (exact) mass is 371 g/mol. The third-order valence-corrected chi connectivity index (χ3v) is 0.500. The second kappa shape index (κ2) is 19.5. The smallest absolute Gasteiger partial charge is 0.545 e. The molecular weight excluding hydrogens is 361 g/mol. The Hall–Kier alpha value is -1.05. The summed E-state index contributed by atoms with van der Waals surface area (Å²) in [6.45, 7) is 8.69. The Balaban J connectivity index is -0.0000000655. The van der Waals surface area contributed by atoms with Crippen molar-refractivity contribution in [1.82, 2.24) is 0 Å². The van der Waals surface area contributed by atoms with E-state index in [0.29, 0.717) is 0 Å². The van der Waals surface area contributed by atoms with Crippen molar-refractivity contribution < 1.29 is 69.6 Å². The fourth-order valence-electron chi connectivity index (χ4n) is 0. The molecular formula is C9H9GdO6. The fraction of sp³-hybridized carbons (Fsp3) is 0. The number of hydrogen-bond donors (Lipinski definition) is 0. The molecule has 0 rings (SSSR count). The molecule has 0 aliphatic carbocycles. The molecule has 0 saturated heterocycles. The van der Waals surface area contributed by atoms with Gasteiger partial charge in [0.1, 0.15) is 0 Å². The molecule has 0 aromatic carbocycles. The van der Waals surface area contributed by atoms with Crippen molar-refractivity contribution >= 4 is 17.9 Å². The van der Waals surface area contributed by atoms with E-state index in [2.05, 4.69) is 19.7 Å². The number of carboxylic acids is 3. The third kappa shape index (κ3) is 75.4. The molecule has 1 radical (unpaired) electrons. The van der Waals surface area contributed by atoms with E-state index in [1.54, 1.807) is 0 Å². The van der Waals surface area contributed by atoms with Gasteiger partial charge in [0.15, 0.2) is 0 Å². The van der Waals surface area contributed by atoms with Crippen LogP contribution in [0, 0.1) is 39.9 Å². The summed E-state index contributed by atoms with van der Waals surface area (Å²) >= 11 is 0. The molecule has 0 spiro atoms. The Morgan fingerprint density at radius 3 is 0.750 bits per heavy atom. The van der Waals surface area contributed by atoms with Gasteiger partial charge in [0.2, 0.25) is 0 Å². The molecule has 0 atom stereocenters. The Bertz CT molecular complexity index is 216. The molecule has 0 aliphatic rings. The van der Waals surface area contributed by atoms with Crippen LogP contribution < -0.4 is 15.3 Å². The van der Waals surface area contributed by atoms with Gasteiger partial charge in [-0.05, 0) is 18.2 Å². The number of carboxylic acid groups (broad SMARTS) is 3. The van der Waals surface area contributed by atoms with E-state index >= 15 is 0 Å². The van der Waals surface area contributed by atoms with Gasteiger partial charge in [0, 0.05) is 0 Å². The maximum Gasteiger partial charge on any atom is 3.00 e. The Labute approximate surface area is 125 Å². The number of carbonyl (C=O) groups excluding carboxylic acids is 3. The van der Waals surface area contributed by atoms with E-state index in [1.165, 1.54) is 0 Å². The Morgan fingerprint density at radius 2 is 0.750 bits per heavy atom. The molecule has 0 heterocycles. The van der Waals surface area contributed by atoms with E-state index in [4.69, 9.17) is 29.7 Å². The first-order valence-electron chi connectivity index (χ1n) is 3.32. The van der Waals surface area contributed by atoms with Gasteiger partial charge in [-0.25, -0.2) is 0 Å². The summed E-state index contributed by atoms with van der Waals surface area (Å²) in [7, 11) is 0. The Morgan fingerprint density at radius 1 is 0.688 bits per heavy atom. The molecule has 0 aromatic rings. The predicted molar refractivity (Wildman–Crippen MR) is 45.6 cm³/mol. The van der Waals surface area contributed by atoms with Crippen molar-refractivity contribution in [3.8, 4) is 0 Å². The summed E-state index contributed by atoms with van der Waals surface area (Å²) in [5, 5.41) is 27.4. The standard InChI is InChI=1S/3C3H4O2.Gd/c3*1-2-3(4)5;/h3*2H,1H2,(H,4,5);/q;;;+3/p-3. The van der Waals surface area contributed by atoms with Crippen LogP contribution in [0.1, 0.15) is 0 Å². The molecule has 0 amide bonds. The van der Waals surface area contributed by atoms with E-state index in [-0.39, 0.29) is 39.9 Å². The van der Waals surface area contributed by atoms with Crippen LogP contribution in [0.2, 0.25) is 0 Å². The quantitative estimate of drug-likeness (QED) is 0.482. The van der Waals surface area contributed by atoms with Crippen molar-refractivity contribution in [3.05, 3.63) is 38.0 Å². The first-order valence-corrected chi connectivity index (χ1v) is 3.32. The minimum absolute atomic E-state index is 0. The summed E-state index contributed by atoms with van der Waals surface area (Å²) in [6, 6.07) is 0. The number of hydrogen-bond acceptors (Lipinski definition) is 6. The van der Waals surface area contributed by atoms with Gasteiger partial charge >= 0.3 is 39.9 Å². The summed E-state index contributed by atoms with van der Waals surface area (Å²) in [6.07, 6.45) is 2.17. The first kappa shape index (κ1) is 24.3. The maximum absolute atomic E-state index is 9.14. The molecule has 0 fully saturated rings. The SMILES string of the molecule is C=CC(=O)[O-].C=CC(=O)[O-].C=CC(=O)[O-].[Gd+3]. The second-order valence-electron chi connectivity index (χ2n) is 1.57. The molecule has 6 nitrogen and oxygen atoms in total.